The lowest BCUT2D eigenvalue weighted by molar-refractivity contribution is -0.189. The number of amides is 4. The number of piperazine rings is 1. The molecule has 2 aliphatic rings. The Morgan fingerprint density at radius 1 is 1.08 bits per heavy atom. The van der Waals surface area contributed by atoms with Crippen molar-refractivity contribution in [3.8, 4) is 6.07 Å². The highest BCUT2D eigenvalue weighted by atomic mass is 16.5. The number of carbonyl (C=O) groups excluding carboxylic acids is 3. The summed E-state index contributed by atoms with van der Waals surface area (Å²) in [5, 5.41) is 15.2. The molecular formula is C28H34N6O4. The predicted octanol–water partition coefficient (Wildman–Crippen LogP) is 2.33. The number of hydrogen-bond donors (Lipinski definition) is 1. The fraction of sp³-hybridized carbons (Fsp3) is 0.429. The van der Waals surface area contributed by atoms with Gasteiger partial charge in [-0.15, -0.1) is 0 Å². The molecule has 1 unspecified atom stereocenters. The number of hydrazine groups is 1. The molecule has 0 spiro atoms. The second-order valence-corrected chi connectivity index (χ2v) is 9.38. The van der Waals surface area contributed by atoms with E-state index in [0.717, 1.165) is 11.1 Å². The second-order valence-electron chi connectivity index (χ2n) is 9.38. The van der Waals surface area contributed by atoms with E-state index >= 15 is 0 Å². The van der Waals surface area contributed by atoms with Gasteiger partial charge in [0, 0.05) is 13.1 Å². The number of rotatable bonds is 10. The van der Waals surface area contributed by atoms with Crippen LogP contribution in [0.25, 0.3) is 0 Å². The summed E-state index contributed by atoms with van der Waals surface area (Å²) >= 11 is 0. The van der Waals surface area contributed by atoms with Crippen LogP contribution in [0.2, 0.25) is 0 Å². The Morgan fingerprint density at radius 2 is 1.76 bits per heavy atom. The molecule has 2 aromatic rings. The molecule has 10 nitrogen and oxygen atoms in total. The molecule has 2 aliphatic heterocycles. The molecule has 4 amide bonds. The molecule has 10 heteroatoms. The molecular weight excluding hydrogens is 484 g/mol. The number of carbonyl (C=O) groups is 3. The van der Waals surface area contributed by atoms with Gasteiger partial charge in [0.25, 0.3) is 0 Å². The largest absolute Gasteiger partial charge is 0.375 e. The number of nitrogens with one attached hydrogen (secondary N) is 1. The first kappa shape index (κ1) is 27.1. The highest BCUT2D eigenvalue weighted by molar-refractivity contribution is 5.91. The maximum atomic E-state index is 13.5. The van der Waals surface area contributed by atoms with Gasteiger partial charge < -0.3 is 19.9 Å². The molecule has 2 saturated heterocycles. The van der Waals surface area contributed by atoms with Crippen molar-refractivity contribution in [2.24, 2.45) is 0 Å². The first-order valence-corrected chi connectivity index (χ1v) is 13.0. The molecule has 0 saturated carbocycles. The van der Waals surface area contributed by atoms with Crippen molar-refractivity contribution in [3.63, 3.8) is 0 Å². The van der Waals surface area contributed by atoms with Crippen LogP contribution in [0.5, 0.6) is 0 Å². The summed E-state index contributed by atoms with van der Waals surface area (Å²) in [6.45, 7) is 3.22. The van der Waals surface area contributed by atoms with Gasteiger partial charge >= 0.3 is 6.03 Å². The lowest BCUT2D eigenvalue weighted by atomic mass is 10.0. The highest BCUT2D eigenvalue weighted by Gasteiger charge is 2.50. The van der Waals surface area contributed by atoms with Crippen molar-refractivity contribution < 1.29 is 19.1 Å². The average Bonchev–Trinajstić information content (AvgIpc) is 2.93. The number of urea groups is 1. The van der Waals surface area contributed by atoms with E-state index in [1.54, 1.807) is 9.80 Å². The van der Waals surface area contributed by atoms with Crippen LogP contribution in [0.3, 0.4) is 0 Å². The van der Waals surface area contributed by atoms with Gasteiger partial charge in [0.05, 0.1) is 32.4 Å². The molecule has 0 aromatic heterocycles. The number of nitrogens with zero attached hydrogens (tertiary/aromatic N) is 5. The van der Waals surface area contributed by atoms with E-state index in [2.05, 4.69) is 11.4 Å². The van der Waals surface area contributed by atoms with E-state index < -0.39 is 18.2 Å². The standard InChI is InChI=1S/C28H34N6O4/c1-2-9-24-27(36)31(16-17-38-21-23-12-7-4-8-13-23)19-25-33(24)26(35)20-32(15-14-29)34(25)28(37)30-18-22-10-5-3-6-11-22/h3-8,10-13,24-25H,2,9,15-21H2,1H3,(H,30,37)/t24-,25?/m0/s1. The van der Waals surface area contributed by atoms with Crippen molar-refractivity contribution in [3.05, 3.63) is 71.8 Å². The molecule has 2 fully saturated rings. The van der Waals surface area contributed by atoms with E-state index in [1.807, 2.05) is 67.6 Å². The number of benzene rings is 2. The van der Waals surface area contributed by atoms with Gasteiger partial charge in [0.15, 0.2) is 0 Å². The van der Waals surface area contributed by atoms with Crippen LogP contribution < -0.4 is 5.32 Å². The number of hydrogen-bond acceptors (Lipinski definition) is 6. The van der Waals surface area contributed by atoms with Crippen molar-refractivity contribution in [2.75, 3.05) is 32.8 Å². The van der Waals surface area contributed by atoms with Crippen LogP contribution in [0.15, 0.2) is 60.7 Å². The molecule has 4 rings (SSSR count). The van der Waals surface area contributed by atoms with Gasteiger partial charge in [0.1, 0.15) is 18.8 Å². The quantitative estimate of drug-likeness (QED) is 0.382. The van der Waals surface area contributed by atoms with Crippen LogP contribution in [0.4, 0.5) is 4.79 Å². The summed E-state index contributed by atoms with van der Waals surface area (Å²) in [7, 11) is 0. The number of nitriles is 1. The Balaban J connectivity index is 1.51. The smallest absolute Gasteiger partial charge is 0.334 e. The molecule has 0 aliphatic carbocycles. The van der Waals surface area contributed by atoms with E-state index in [9.17, 15) is 19.6 Å². The first-order chi connectivity index (χ1) is 18.5. The van der Waals surface area contributed by atoms with Crippen molar-refractivity contribution in [2.45, 2.75) is 45.1 Å². The van der Waals surface area contributed by atoms with Crippen LogP contribution in [-0.2, 0) is 27.5 Å². The average molecular weight is 519 g/mol. The van der Waals surface area contributed by atoms with Crippen LogP contribution in [-0.4, -0.2) is 82.7 Å². The van der Waals surface area contributed by atoms with Crippen LogP contribution >= 0.6 is 0 Å². The maximum absolute atomic E-state index is 13.5. The fourth-order valence-electron chi connectivity index (χ4n) is 4.96. The zero-order valence-corrected chi connectivity index (χ0v) is 21.7. The second kappa shape index (κ2) is 13.0. The molecule has 1 N–H and O–H groups in total. The molecule has 0 radical (unpaired) electrons. The minimum atomic E-state index is -0.719. The van der Waals surface area contributed by atoms with Gasteiger partial charge in [0.2, 0.25) is 11.8 Å². The summed E-state index contributed by atoms with van der Waals surface area (Å²) < 4.78 is 5.82. The lowest BCUT2D eigenvalue weighted by Crippen LogP contribution is -2.76. The minimum Gasteiger partial charge on any atom is -0.375 e. The molecule has 2 atom stereocenters. The van der Waals surface area contributed by atoms with E-state index in [0.29, 0.717) is 39.1 Å². The summed E-state index contributed by atoms with van der Waals surface area (Å²) in [4.78, 5) is 43.4. The normalized spacial score (nSPS) is 19.7. The zero-order chi connectivity index (χ0) is 26.9. The van der Waals surface area contributed by atoms with Crippen molar-refractivity contribution in [1.82, 2.24) is 25.1 Å². The summed E-state index contributed by atoms with van der Waals surface area (Å²) in [5.74, 6) is -0.401. The maximum Gasteiger partial charge on any atom is 0.334 e. The summed E-state index contributed by atoms with van der Waals surface area (Å²) in [5.41, 5.74) is 1.97. The number of fused-ring (bicyclic) bond motifs is 1. The molecule has 200 valence electrons. The van der Waals surface area contributed by atoms with E-state index in [-0.39, 0.29) is 31.4 Å². The summed E-state index contributed by atoms with van der Waals surface area (Å²) in [6, 6.07) is 20.3. The Bertz CT molecular complexity index is 1140. The predicted molar refractivity (Wildman–Crippen MR) is 140 cm³/mol. The fourth-order valence-corrected chi connectivity index (χ4v) is 4.96. The van der Waals surface area contributed by atoms with Crippen LogP contribution in [0.1, 0.15) is 30.9 Å². The number of ether oxygens (including phenoxy) is 1. The highest BCUT2D eigenvalue weighted by Crippen LogP contribution is 2.28. The third-order valence-electron chi connectivity index (χ3n) is 6.76. The third kappa shape index (κ3) is 6.30. The lowest BCUT2D eigenvalue weighted by Gasteiger charge is -2.54. The SMILES string of the molecule is CCC[C@H]1C(=O)N(CCOCc2ccccc2)CC2N1C(=O)CN(CC#N)N2C(=O)NCc1ccccc1. The van der Waals surface area contributed by atoms with Gasteiger partial charge in [-0.1, -0.05) is 74.0 Å². The molecule has 2 aromatic carbocycles. The Hall–Kier alpha value is -3.94. The van der Waals surface area contributed by atoms with Crippen molar-refractivity contribution >= 4 is 17.8 Å². The van der Waals surface area contributed by atoms with E-state index in [1.165, 1.54) is 10.0 Å². The molecule has 0 bridgehead atoms. The topological polar surface area (TPSA) is 109 Å². The monoisotopic (exact) mass is 518 g/mol. The van der Waals surface area contributed by atoms with E-state index in [4.69, 9.17) is 4.74 Å². The van der Waals surface area contributed by atoms with Gasteiger partial charge in [-0.3, -0.25) is 9.59 Å². The zero-order valence-electron chi connectivity index (χ0n) is 21.7. The third-order valence-corrected chi connectivity index (χ3v) is 6.76. The Morgan fingerprint density at radius 3 is 2.42 bits per heavy atom. The first-order valence-electron chi connectivity index (χ1n) is 13.0. The van der Waals surface area contributed by atoms with Gasteiger partial charge in [-0.2, -0.15) is 10.3 Å². The van der Waals surface area contributed by atoms with Crippen molar-refractivity contribution in [1.29, 1.82) is 5.26 Å². The molecule has 38 heavy (non-hydrogen) atoms. The Kier molecular flexibility index (Phi) is 9.30. The summed E-state index contributed by atoms with van der Waals surface area (Å²) in [6.07, 6.45) is 0.469. The minimum absolute atomic E-state index is 0.124. The molecule has 2 heterocycles. The van der Waals surface area contributed by atoms with Gasteiger partial charge in [-0.05, 0) is 17.5 Å². The van der Waals surface area contributed by atoms with Crippen LogP contribution in [0, 0.1) is 11.3 Å². The Labute approximate surface area is 223 Å². The van der Waals surface area contributed by atoms with Gasteiger partial charge in [-0.25, -0.2) is 9.80 Å².